The van der Waals surface area contributed by atoms with Gasteiger partial charge in [0.05, 0.1) is 23.5 Å². The summed E-state index contributed by atoms with van der Waals surface area (Å²) in [5.74, 6) is 0.758. The second-order valence-corrected chi connectivity index (χ2v) is 8.16. The van der Waals surface area contributed by atoms with Crippen molar-refractivity contribution in [1.29, 1.82) is 0 Å². The Morgan fingerprint density at radius 1 is 1.36 bits per heavy atom. The Morgan fingerprint density at radius 3 is 3.07 bits per heavy atom. The van der Waals surface area contributed by atoms with Gasteiger partial charge in [-0.2, -0.15) is 0 Å². The smallest absolute Gasteiger partial charge is 0.220 e. The SMILES string of the molecule is O=C(CCCc1cccs1)NC[C@H]1Cc2cc(-c3cnccn3)cc(Cl)c2O1. The minimum absolute atomic E-state index is 0.0578. The molecule has 28 heavy (non-hydrogen) atoms. The van der Waals surface area contributed by atoms with Gasteiger partial charge in [0.15, 0.2) is 0 Å². The molecule has 0 saturated heterocycles. The lowest BCUT2D eigenvalue weighted by atomic mass is 10.0. The Bertz CT molecular complexity index is 948. The van der Waals surface area contributed by atoms with Crippen molar-refractivity contribution in [1.82, 2.24) is 15.3 Å². The van der Waals surface area contributed by atoms with Crippen molar-refractivity contribution in [3.63, 3.8) is 0 Å². The summed E-state index contributed by atoms with van der Waals surface area (Å²) >= 11 is 8.14. The number of ether oxygens (including phenoxy) is 1. The molecular formula is C21H20ClN3O2S. The van der Waals surface area contributed by atoms with E-state index in [4.69, 9.17) is 16.3 Å². The summed E-state index contributed by atoms with van der Waals surface area (Å²) in [5, 5.41) is 5.60. The summed E-state index contributed by atoms with van der Waals surface area (Å²) in [6, 6.07) is 8.02. The first-order valence-corrected chi connectivity index (χ1v) is 10.5. The number of carbonyl (C=O) groups excluding carboxylic acids is 1. The van der Waals surface area contributed by atoms with Crippen molar-refractivity contribution in [2.45, 2.75) is 31.8 Å². The Labute approximate surface area is 172 Å². The van der Waals surface area contributed by atoms with Crippen molar-refractivity contribution < 1.29 is 9.53 Å². The standard InChI is InChI=1S/C21H20ClN3O2S/c22-18-11-14(19-13-23-6-7-24-19)9-15-10-16(27-21(15)18)12-25-20(26)5-1-3-17-4-2-8-28-17/h2,4,6-9,11,13,16H,1,3,5,10,12H2,(H,25,26)/t16-/m1/s1. The Morgan fingerprint density at radius 2 is 2.29 bits per heavy atom. The third-order valence-electron chi connectivity index (χ3n) is 4.65. The molecule has 0 fully saturated rings. The third-order valence-corrected chi connectivity index (χ3v) is 5.86. The van der Waals surface area contributed by atoms with Crippen LogP contribution in [0.3, 0.4) is 0 Å². The largest absolute Gasteiger partial charge is 0.486 e. The zero-order valence-electron chi connectivity index (χ0n) is 15.2. The Hall–Kier alpha value is -2.44. The maximum atomic E-state index is 12.1. The zero-order chi connectivity index (χ0) is 19.3. The molecule has 144 valence electrons. The number of aromatic nitrogens is 2. The van der Waals surface area contributed by atoms with Crippen LogP contribution in [0.2, 0.25) is 5.02 Å². The van der Waals surface area contributed by atoms with Gasteiger partial charge in [-0.25, -0.2) is 0 Å². The lowest BCUT2D eigenvalue weighted by molar-refractivity contribution is -0.121. The molecule has 2 aromatic heterocycles. The van der Waals surface area contributed by atoms with Crippen molar-refractivity contribution in [2.75, 3.05) is 6.54 Å². The number of amides is 1. The fourth-order valence-electron chi connectivity index (χ4n) is 3.29. The van der Waals surface area contributed by atoms with Gasteiger partial charge in [-0.1, -0.05) is 17.7 Å². The first-order chi connectivity index (χ1) is 13.7. The highest BCUT2D eigenvalue weighted by molar-refractivity contribution is 7.09. The van der Waals surface area contributed by atoms with E-state index in [1.807, 2.05) is 18.2 Å². The van der Waals surface area contributed by atoms with Crippen LogP contribution in [0.1, 0.15) is 23.3 Å². The molecule has 3 aromatic rings. The topological polar surface area (TPSA) is 64.1 Å². The van der Waals surface area contributed by atoms with Crippen LogP contribution in [0, 0.1) is 0 Å². The van der Waals surface area contributed by atoms with Crippen molar-refractivity contribution in [2.24, 2.45) is 0 Å². The molecule has 1 amide bonds. The molecule has 0 spiro atoms. The summed E-state index contributed by atoms with van der Waals surface area (Å²) < 4.78 is 5.96. The second kappa shape index (κ2) is 8.71. The predicted molar refractivity (Wildman–Crippen MR) is 111 cm³/mol. The van der Waals surface area contributed by atoms with Crippen LogP contribution in [0.25, 0.3) is 11.3 Å². The molecule has 1 aromatic carbocycles. The lowest BCUT2D eigenvalue weighted by Crippen LogP contribution is -2.34. The van der Waals surface area contributed by atoms with Gasteiger partial charge in [0.25, 0.3) is 0 Å². The zero-order valence-corrected chi connectivity index (χ0v) is 16.8. The van der Waals surface area contributed by atoms with Gasteiger partial charge < -0.3 is 10.1 Å². The highest BCUT2D eigenvalue weighted by atomic mass is 35.5. The number of aryl methyl sites for hydroxylation is 1. The third kappa shape index (κ3) is 4.51. The average molecular weight is 414 g/mol. The van der Waals surface area contributed by atoms with E-state index in [2.05, 4.69) is 26.7 Å². The van der Waals surface area contributed by atoms with Crippen LogP contribution in [0.5, 0.6) is 5.75 Å². The van der Waals surface area contributed by atoms with Crippen LogP contribution >= 0.6 is 22.9 Å². The number of thiophene rings is 1. The van der Waals surface area contributed by atoms with Gasteiger partial charge in [-0.05, 0) is 36.4 Å². The summed E-state index contributed by atoms with van der Waals surface area (Å²) in [5.41, 5.74) is 2.72. The molecule has 1 aliphatic rings. The first kappa shape index (κ1) is 18.9. The minimum atomic E-state index is -0.106. The fraction of sp³-hybridized carbons (Fsp3) is 0.286. The Balaban J connectivity index is 1.30. The van der Waals surface area contributed by atoms with E-state index >= 15 is 0 Å². The van der Waals surface area contributed by atoms with Crippen LogP contribution < -0.4 is 10.1 Å². The summed E-state index contributed by atoms with van der Waals surface area (Å²) in [7, 11) is 0. The van der Waals surface area contributed by atoms with Gasteiger partial charge in [0.2, 0.25) is 5.91 Å². The number of fused-ring (bicyclic) bond motifs is 1. The van der Waals surface area contributed by atoms with E-state index in [1.165, 1.54) is 4.88 Å². The number of hydrogen-bond donors (Lipinski definition) is 1. The molecule has 3 heterocycles. The molecular weight excluding hydrogens is 394 g/mol. The monoisotopic (exact) mass is 413 g/mol. The summed E-state index contributed by atoms with van der Waals surface area (Å²) in [4.78, 5) is 21.8. The van der Waals surface area contributed by atoms with E-state index < -0.39 is 0 Å². The molecule has 0 bridgehead atoms. The molecule has 1 atom stereocenters. The molecule has 1 N–H and O–H groups in total. The normalized spacial score (nSPS) is 15.1. The number of carbonyl (C=O) groups is 1. The molecule has 1 aliphatic heterocycles. The van der Waals surface area contributed by atoms with Crippen molar-refractivity contribution >= 4 is 28.8 Å². The van der Waals surface area contributed by atoms with Crippen LogP contribution in [-0.4, -0.2) is 28.5 Å². The lowest BCUT2D eigenvalue weighted by Gasteiger charge is -2.12. The first-order valence-electron chi connectivity index (χ1n) is 9.23. The number of hydrogen-bond acceptors (Lipinski definition) is 5. The van der Waals surface area contributed by atoms with Crippen LogP contribution in [-0.2, 0) is 17.6 Å². The minimum Gasteiger partial charge on any atom is -0.486 e. The van der Waals surface area contributed by atoms with E-state index in [1.54, 1.807) is 29.9 Å². The number of benzene rings is 1. The van der Waals surface area contributed by atoms with Crippen LogP contribution in [0.15, 0.2) is 48.2 Å². The number of nitrogens with one attached hydrogen (secondary N) is 1. The quantitative estimate of drug-likeness (QED) is 0.627. The predicted octanol–water partition coefficient (Wildman–Crippen LogP) is 4.30. The summed E-state index contributed by atoms with van der Waals surface area (Å²) in [6.07, 6.45) is 7.92. The fourth-order valence-corrected chi connectivity index (χ4v) is 4.33. The van der Waals surface area contributed by atoms with Gasteiger partial charge >= 0.3 is 0 Å². The molecule has 0 aliphatic carbocycles. The van der Waals surface area contributed by atoms with E-state index in [-0.39, 0.29) is 12.0 Å². The molecule has 7 heteroatoms. The number of halogens is 1. The van der Waals surface area contributed by atoms with E-state index in [9.17, 15) is 4.79 Å². The van der Waals surface area contributed by atoms with Gasteiger partial charge in [-0.3, -0.25) is 14.8 Å². The van der Waals surface area contributed by atoms with Crippen molar-refractivity contribution in [3.05, 3.63) is 63.7 Å². The van der Waals surface area contributed by atoms with E-state index in [0.29, 0.717) is 30.2 Å². The highest BCUT2D eigenvalue weighted by Gasteiger charge is 2.26. The number of nitrogens with zero attached hydrogens (tertiary/aromatic N) is 2. The van der Waals surface area contributed by atoms with Gasteiger partial charge in [-0.15, -0.1) is 11.3 Å². The van der Waals surface area contributed by atoms with Gasteiger partial charge in [0, 0.05) is 41.2 Å². The molecule has 0 radical (unpaired) electrons. The highest BCUT2D eigenvalue weighted by Crippen LogP contribution is 2.39. The summed E-state index contributed by atoms with van der Waals surface area (Å²) in [6.45, 7) is 0.476. The number of rotatable bonds is 7. The Kier molecular flexibility index (Phi) is 5.88. The van der Waals surface area contributed by atoms with Gasteiger partial charge in [0.1, 0.15) is 11.9 Å². The van der Waals surface area contributed by atoms with Crippen LogP contribution in [0.4, 0.5) is 0 Å². The second-order valence-electron chi connectivity index (χ2n) is 6.72. The molecule has 0 saturated carbocycles. The van der Waals surface area contributed by atoms with Crippen molar-refractivity contribution in [3.8, 4) is 17.0 Å². The maximum Gasteiger partial charge on any atom is 0.220 e. The molecule has 4 rings (SSSR count). The molecule has 5 nitrogen and oxygen atoms in total. The van der Waals surface area contributed by atoms with E-state index in [0.717, 1.165) is 29.7 Å². The maximum absolute atomic E-state index is 12.1. The average Bonchev–Trinajstić information content (AvgIpc) is 3.37. The molecule has 0 unspecified atom stereocenters.